The van der Waals surface area contributed by atoms with Gasteiger partial charge in [0.15, 0.2) is 0 Å². The van der Waals surface area contributed by atoms with Gasteiger partial charge in [-0.05, 0) is 44.5 Å². The fourth-order valence-electron chi connectivity index (χ4n) is 3.64. The van der Waals surface area contributed by atoms with Crippen molar-refractivity contribution < 1.29 is 0 Å². The highest BCUT2D eigenvalue weighted by molar-refractivity contribution is 6.22. The summed E-state index contributed by atoms with van der Waals surface area (Å²) in [5.41, 5.74) is 0.456. The van der Waals surface area contributed by atoms with E-state index in [1.165, 1.54) is 44.5 Å². The van der Waals surface area contributed by atoms with Crippen molar-refractivity contribution in [2.45, 2.75) is 0 Å². The Hall–Kier alpha value is -4.90. The van der Waals surface area contributed by atoms with E-state index in [2.05, 4.69) is 60.7 Å². The molecule has 0 spiro atoms. The number of nitriles is 4. The van der Waals surface area contributed by atoms with E-state index in [1.807, 2.05) is 0 Å². The smallest absolute Gasteiger partial charge is 0.101 e. The van der Waals surface area contributed by atoms with Gasteiger partial charge in [0, 0.05) is 0 Å². The van der Waals surface area contributed by atoms with E-state index in [4.69, 9.17) is 21.0 Å². The van der Waals surface area contributed by atoms with Gasteiger partial charge < -0.3 is 0 Å². The number of hydrogen-bond donors (Lipinski definition) is 0. The van der Waals surface area contributed by atoms with Gasteiger partial charge in [-0.15, -0.1) is 0 Å². The fraction of sp³-hybridized carbons (Fsp3) is 0. The first-order valence-corrected chi connectivity index (χ1v) is 9.11. The van der Waals surface area contributed by atoms with Gasteiger partial charge >= 0.3 is 0 Å². The molecule has 0 bridgehead atoms. The van der Waals surface area contributed by atoms with Crippen LogP contribution in [0.4, 0.5) is 0 Å². The van der Waals surface area contributed by atoms with Gasteiger partial charge in [0.2, 0.25) is 0 Å². The van der Waals surface area contributed by atoms with E-state index < -0.39 is 0 Å². The molecule has 0 saturated carbocycles. The van der Waals surface area contributed by atoms with Gasteiger partial charge in [-0.1, -0.05) is 60.7 Å². The van der Waals surface area contributed by atoms with Crippen molar-refractivity contribution in [3.05, 3.63) is 95.1 Å². The molecular weight excluding hydrogens is 368 g/mol. The second kappa shape index (κ2) is 7.61. The first-order chi connectivity index (χ1) is 14.7. The molecule has 5 aromatic carbocycles. The third-order valence-corrected chi connectivity index (χ3v) is 5.03. The average Bonchev–Trinajstić information content (AvgIpc) is 2.82. The summed E-state index contributed by atoms with van der Waals surface area (Å²) in [6.45, 7) is 0. The van der Waals surface area contributed by atoms with Crippen LogP contribution < -0.4 is 0 Å². The van der Waals surface area contributed by atoms with Crippen LogP contribution in [0.1, 0.15) is 22.3 Å². The van der Waals surface area contributed by atoms with Gasteiger partial charge in [-0.3, -0.25) is 0 Å². The molecular formula is C26H12N4. The first-order valence-electron chi connectivity index (χ1n) is 9.11. The Morgan fingerprint density at radius 3 is 0.900 bits per heavy atom. The molecule has 0 saturated heterocycles. The van der Waals surface area contributed by atoms with Crippen LogP contribution in [0.5, 0.6) is 0 Å². The maximum atomic E-state index is 8.64. The molecule has 0 fully saturated rings. The minimum Gasteiger partial charge on any atom is -0.192 e. The van der Waals surface area contributed by atoms with Gasteiger partial charge in [0.25, 0.3) is 0 Å². The molecule has 0 heterocycles. The van der Waals surface area contributed by atoms with Crippen molar-refractivity contribution >= 4 is 32.3 Å². The number of rotatable bonds is 0. The summed E-state index contributed by atoms with van der Waals surface area (Å²) >= 11 is 0. The molecule has 4 nitrogen and oxygen atoms in total. The number of hydrogen-bond acceptors (Lipinski definition) is 4. The van der Waals surface area contributed by atoms with Gasteiger partial charge in [-0.2, -0.15) is 21.0 Å². The summed E-state index contributed by atoms with van der Waals surface area (Å²) < 4.78 is 0. The van der Waals surface area contributed by atoms with E-state index in [0.717, 1.165) is 0 Å². The van der Waals surface area contributed by atoms with E-state index in [1.54, 1.807) is 24.3 Å². The highest BCUT2D eigenvalue weighted by Gasteiger charge is 2.08. The van der Waals surface area contributed by atoms with E-state index in [9.17, 15) is 0 Å². The monoisotopic (exact) mass is 380 g/mol. The highest BCUT2D eigenvalue weighted by Crippen LogP contribution is 2.33. The maximum absolute atomic E-state index is 8.64. The number of nitrogens with zero attached hydrogens (tertiary/aromatic N) is 4. The van der Waals surface area contributed by atoms with Crippen molar-refractivity contribution in [1.29, 1.82) is 21.0 Å². The second-order valence-corrected chi connectivity index (χ2v) is 6.68. The van der Waals surface area contributed by atoms with Crippen molar-refractivity contribution in [2.75, 3.05) is 0 Å². The second-order valence-electron chi connectivity index (χ2n) is 6.68. The average molecular weight is 380 g/mol. The summed E-state index contributed by atoms with van der Waals surface area (Å²) in [7, 11) is 0. The van der Waals surface area contributed by atoms with Crippen LogP contribution in [0.3, 0.4) is 0 Å². The Labute approximate surface area is 173 Å². The van der Waals surface area contributed by atoms with Crippen LogP contribution >= 0.6 is 0 Å². The SMILES string of the molecule is N#Cc1cc(C#N)c(C#N)cc1C#N.c1cc2ccc3cccc4ccc(c1)c2c34. The third kappa shape index (κ3) is 3.02. The zero-order valence-electron chi connectivity index (χ0n) is 15.7. The van der Waals surface area contributed by atoms with Crippen molar-refractivity contribution in [2.24, 2.45) is 0 Å². The van der Waals surface area contributed by atoms with Gasteiger partial charge in [0.05, 0.1) is 22.3 Å². The molecule has 4 heteroatoms. The fourth-order valence-corrected chi connectivity index (χ4v) is 3.64. The van der Waals surface area contributed by atoms with E-state index >= 15 is 0 Å². The standard InChI is InChI=1S/C16H10.C10H2N4/c1-3-11-7-9-13-5-2-6-14-10-8-12(4-1)15(11)16(13)14;11-3-7-1-8(4-12)10(6-14)2-9(7)5-13/h1-10H;1-2H. The predicted octanol–water partition coefficient (Wildman–Crippen LogP) is 5.76. The lowest BCUT2D eigenvalue weighted by Gasteiger charge is -2.09. The Morgan fingerprint density at radius 1 is 0.400 bits per heavy atom. The first kappa shape index (κ1) is 18.5. The van der Waals surface area contributed by atoms with Crippen LogP contribution in [-0.4, -0.2) is 0 Å². The van der Waals surface area contributed by atoms with Crippen LogP contribution in [0.25, 0.3) is 32.3 Å². The molecule has 0 amide bonds. The van der Waals surface area contributed by atoms with Crippen LogP contribution in [0.2, 0.25) is 0 Å². The Balaban J connectivity index is 0.000000147. The lowest BCUT2D eigenvalue weighted by Crippen LogP contribution is -1.90. The minimum atomic E-state index is 0.114. The lowest BCUT2D eigenvalue weighted by atomic mass is 9.95. The van der Waals surface area contributed by atoms with Gasteiger partial charge in [0.1, 0.15) is 24.3 Å². The molecule has 5 rings (SSSR count). The Bertz CT molecular complexity index is 1360. The summed E-state index contributed by atoms with van der Waals surface area (Å²) in [5, 5.41) is 42.7. The highest BCUT2D eigenvalue weighted by atomic mass is 14.3. The van der Waals surface area contributed by atoms with Crippen LogP contribution in [0.15, 0.2) is 72.8 Å². The molecule has 0 unspecified atom stereocenters. The zero-order chi connectivity index (χ0) is 21.1. The van der Waals surface area contributed by atoms with Gasteiger partial charge in [-0.25, -0.2) is 0 Å². The maximum Gasteiger partial charge on any atom is 0.101 e. The molecule has 0 aliphatic carbocycles. The number of benzene rings is 5. The molecule has 0 aliphatic rings. The quantitative estimate of drug-likeness (QED) is 0.319. The van der Waals surface area contributed by atoms with Crippen LogP contribution in [-0.2, 0) is 0 Å². The predicted molar refractivity (Wildman–Crippen MR) is 115 cm³/mol. The molecule has 5 aromatic rings. The molecule has 0 aliphatic heterocycles. The molecule has 0 atom stereocenters. The minimum absolute atomic E-state index is 0.114. The molecule has 30 heavy (non-hydrogen) atoms. The zero-order valence-corrected chi connectivity index (χ0v) is 15.7. The Morgan fingerprint density at radius 2 is 0.667 bits per heavy atom. The largest absolute Gasteiger partial charge is 0.192 e. The van der Waals surface area contributed by atoms with Crippen LogP contribution in [0, 0.1) is 45.3 Å². The molecule has 136 valence electrons. The molecule has 0 radical (unpaired) electrons. The molecule has 0 N–H and O–H groups in total. The Kier molecular flexibility index (Phi) is 4.69. The normalized spacial score (nSPS) is 9.87. The summed E-state index contributed by atoms with van der Waals surface area (Å²) in [6, 6.07) is 31.5. The van der Waals surface area contributed by atoms with Crippen molar-refractivity contribution in [3.8, 4) is 24.3 Å². The van der Waals surface area contributed by atoms with E-state index in [0.29, 0.717) is 0 Å². The topological polar surface area (TPSA) is 95.2 Å². The molecule has 0 aromatic heterocycles. The lowest BCUT2D eigenvalue weighted by molar-refractivity contribution is 1.38. The summed E-state index contributed by atoms with van der Waals surface area (Å²) in [5.74, 6) is 0. The summed E-state index contributed by atoms with van der Waals surface area (Å²) in [4.78, 5) is 0. The summed E-state index contributed by atoms with van der Waals surface area (Å²) in [6.07, 6.45) is 0. The van der Waals surface area contributed by atoms with Crippen molar-refractivity contribution in [3.63, 3.8) is 0 Å². The third-order valence-electron chi connectivity index (χ3n) is 5.03. The van der Waals surface area contributed by atoms with E-state index in [-0.39, 0.29) is 22.3 Å². The van der Waals surface area contributed by atoms with Crippen molar-refractivity contribution in [1.82, 2.24) is 0 Å².